The summed E-state index contributed by atoms with van der Waals surface area (Å²) < 4.78 is 46.1. The summed E-state index contributed by atoms with van der Waals surface area (Å²) >= 11 is 1.74. The average Bonchev–Trinajstić information content (AvgIpc) is 3.67. The smallest absolute Gasteiger partial charge is 0.148 e. The number of furan rings is 1. The van der Waals surface area contributed by atoms with Gasteiger partial charge in [-0.15, -0.1) is 64.9 Å². The van der Waals surface area contributed by atoms with Crippen LogP contribution >= 0.6 is 11.3 Å². The minimum absolute atomic E-state index is 0. The first kappa shape index (κ1) is 26.5. The summed E-state index contributed by atoms with van der Waals surface area (Å²) in [5.74, 6) is 0. The fourth-order valence-electron chi connectivity index (χ4n) is 4.86. The molecule has 0 atom stereocenters. The number of nitrogens with zero attached hydrogens (tertiary/aromatic N) is 3. The maximum atomic E-state index is 8.25. The Bertz CT molecular complexity index is 2250. The number of hydrogen-bond donors (Lipinski definition) is 0. The second kappa shape index (κ2) is 13.0. The molecule has 0 aliphatic rings. The molecular weight excluding hydrogens is 751 g/mol. The number of aromatic nitrogens is 3. The quantitative estimate of drug-likeness (QED) is 0.167. The molecule has 0 unspecified atom stereocenters. The van der Waals surface area contributed by atoms with Crippen LogP contribution in [0, 0.1) is 24.4 Å². The largest absolute Gasteiger partial charge is 0.498 e. The summed E-state index contributed by atoms with van der Waals surface area (Å²) in [4.78, 5) is 13.7. The van der Waals surface area contributed by atoms with Crippen LogP contribution in [0.4, 0.5) is 0 Å². The molecule has 4 aromatic heterocycles. The summed E-state index contributed by atoms with van der Waals surface area (Å²) in [6.45, 7) is 9.97. The van der Waals surface area contributed by atoms with Crippen LogP contribution in [0.25, 0.3) is 54.7 Å². The van der Waals surface area contributed by atoms with Gasteiger partial charge in [0.15, 0.2) is 0 Å². The van der Waals surface area contributed by atoms with Crippen molar-refractivity contribution in [1.29, 1.82) is 0 Å². The monoisotopic (exact) mass is 793 g/mol. The van der Waals surface area contributed by atoms with E-state index < -0.39 is 18.6 Å². The number of hydrogen-bond acceptors (Lipinski definition) is 5. The normalized spacial score (nSPS) is 14.0. The third-order valence-corrected chi connectivity index (χ3v) is 8.34. The Morgan fingerprint density at radius 2 is 1.69 bits per heavy atom. The van der Waals surface area contributed by atoms with Gasteiger partial charge in [-0.3, -0.25) is 0 Å². The van der Waals surface area contributed by atoms with E-state index in [-0.39, 0.29) is 31.1 Å². The average molecular weight is 793 g/mol. The number of fused-ring (bicyclic) bond motifs is 5. The van der Waals surface area contributed by atoms with E-state index in [0.717, 1.165) is 48.4 Å². The van der Waals surface area contributed by atoms with E-state index in [4.69, 9.17) is 16.3 Å². The molecule has 6 heteroatoms. The number of pyridine rings is 2. The third-order valence-electron chi connectivity index (χ3n) is 6.89. The first-order valence-electron chi connectivity index (χ1n) is 17.0. The van der Waals surface area contributed by atoms with Gasteiger partial charge in [-0.1, -0.05) is 89.7 Å². The summed E-state index contributed by atoms with van der Waals surface area (Å²) in [6, 6.07) is 28.5. The fourth-order valence-corrected chi connectivity index (χ4v) is 5.88. The summed E-state index contributed by atoms with van der Waals surface area (Å²) in [7, 11) is 0. The molecule has 0 bridgehead atoms. The molecule has 0 saturated heterocycles. The van der Waals surface area contributed by atoms with E-state index >= 15 is 0 Å². The second-order valence-corrected chi connectivity index (χ2v) is 13.8. The van der Waals surface area contributed by atoms with Crippen molar-refractivity contribution in [3.63, 3.8) is 0 Å². The Labute approximate surface area is 290 Å². The Kier molecular flexibility index (Phi) is 7.64. The predicted molar refractivity (Wildman–Crippen MR) is 184 cm³/mol. The van der Waals surface area contributed by atoms with Crippen LogP contribution in [-0.4, -0.2) is 15.0 Å². The molecule has 3 aromatic carbocycles. The van der Waals surface area contributed by atoms with Crippen LogP contribution in [0.1, 0.15) is 64.5 Å². The van der Waals surface area contributed by atoms with Crippen LogP contribution in [0.15, 0.2) is 89.6 Å². The maximum absolute atomic E-state index is 8.25. The molecular formula is C39H37IrN3OS-2. The van der Waals surface area contributed by atoms with Crippen LogP contribution in [0.3, 0.4) is 0 Å². The zero-order chi connectivity index (χ0) is 35.4. The van der Waals surface area contributed by atoms with Gasteiger partial charge in [-0.2, -0.15) is 0 Å². The minimum atomic E-state index is -2.14. The molecule has 1 radical (unpaired) electrons. The molecule has 0 amide bonds. The van der Waals surface area contributed by atoms with Crippen LogP contribution in [0.2, 0.25) is 0 Å². The van der Waals surface area contributed by atoms with Gasteiger partial charge in [-0.05, 0) is 40.9 Å². The summed E-state index contributed by atoms with van der Waals surface area (Å²) in [6.07, 6.45) is 1.83. The van der Waals surface area contributed by atoms with Crippen LogP contribution in [0.5, 0.6) is 0 Å². The minimum Gasteiger partial charge on any atom is -0.498 e. The van der Waals surface area contributed by atoms with Crippen molar-refractivity contribution >= 4 is 43.5 Å². The van der Waals surface area contributed by atoms with Gasteiger partial charge in [-0.25, -0.2) is 4.98 Å². The van der Waals surface area contributed by atoms with E-state index in [2.05, 4.69) is 61.1 Å². The van der Waals surface area contributed by atoms with E-state index in [9.17, 15) is 0 Å². The second-order valence-electron chi connectivity index (χ2n) is 12.8. The number of rotatable bonds is 3. The van der Waals surface area contributed by atoms with E-state index in [0.29, 0.717) is 16.8 Å². The SMILES string of the molecule is CC(C)(C)c1nc2c(ccc3c4cc[c-]c(-c5ccccn5)c4oc32)s1.[2H]C([2H])([2H])c1c[c-]c(-c2ccc(C([2H])([2H])C(C)(C)C)cn2)cc1.[Ir]. The maximum Gasteiger partial charge on any atom is 0.148 e. The zero-order valence-corrected chi connectivity index (χ0v) is 29.3. The molecule has 4 heterocycles. The Morgan fingerprint density at radius 3 is 2.33 bits per heavy atom. The molecule has 0 aliphatic heterocycles. The van der Waals surface area contributed by atoms with Gasteiger partial charge in [0.2, 0.25) is 0 Å². The molecule has 4 nitrogen and oxygen atoms in total. The molecule has 7 rings (SSSR count). The standard InChI is InChI=1S/C22H17N2OS.C17H20N.Ir/c1-22(2,3)21-24-18-17(26-21)11-10-14-13-7-6-8-15(19(13)25-20(14)18)16-9-4-5-12-23-16;1-13-5-8-15(9-6-13)16-10-7-14(12-18-16)11-17(2,3)4;/h4-7,9-12H,1-3H3;5-8,10,12H,11H2,1-4H3;/q2*-1;/i;1D3,11D2;. The zero-order valence-electron chi connectivity index (χ0n) is 31.1. The van der Waals surface area contributed by atoms with Crippen LogP contribution < -0.4 is 0 Å². The van der Waals surface area contributed by atoms with Crippen molar-refractivity contribution in [2.75, 3.05) is 0 Å². The van der Waals surface area contributed by atoms with Crippen molar-refractivity contribution < 1.29 is 31.4 Å². The molecule has 0 fully saturated rings. The van der Waals surface area contributed by atoms with Gasteiger partial charge in [0.05, 0.1) is 15.3 Å². The van der Waals surface area contributed by atoms with Gasteiger partial charge in [0.25, 0.3) is 0 Å². The van der Waals surface area contributed by atoms with E-state index in [1.807, 2.05) is 45.0 Å². The van der Waals surface area contributed by atoms with E-state index in [1.165, 1.54) is 12.3 Å². The first-order chi connectivity index (χ1) is 22.9. The third kappa shape index (κ3) is 7.25. The molecule has 0 N–H and O–H groups in total. The number of benzene rings is 3. The molecule has 0 saturated carbocycles. The molecule has 231 valence electrons. The van der Waals surface area contributed by atoms with Crippen molar-refractivity contribution in [2.45, 2.75) is 60.2 Å². The van der Waals surface area contributed by atoms with Crippen LogP contribution in [-0.2, 0) is 31.9 Å². The molecule has 0 aliphatic carbocycles. The first-order valence-corrected chi connectivity index (χ1v) is 15.3. The summed E-state index contributed by atoms with van der Waals surface area (Å²) in [5.41, 5.74) is 5.92. The number of thiazole rings is 1. The fraction of sp³-hybridized carbons (Fsp3) is 0.256. The summed E-state index contributed by atoms with van der Waals surface area (Å²) in [5, 5.41) is 3.29. The van der Waals surface area contributed by atoms with Crippen molar-refractivity contribution in [2.24, 2.45) is 5.41 Å². The Balaban J connectivity index is 0.000000192. The van der Waals surface area contributed by atoms with Gasteiger partial charge >= 0.3 is 0 Å². The molecule has 0 spiro atoms. The van der Waals surface area contributed by atoms with Crippen molar-refractivity contribution in [3.05, 3.63) is 113 Å². The molecule has 45 heavy (non-hydrogen) atoms. The molecule has 7 aromatic rings. The van der Waals surface area contributed by atoms with Gasteiger partial charge < -0.3 is 14.4 Å². The Morgan fingerprint density at radius 1 is 0.867 bits per heavy atom. The topological polar surface area (TPSA) is 51.8 Å². The predicted octanol–water partition coefficient (Wildman–Crippen LogP) is 10.8. The number of aryl methyl sites for hydroxylation is 1. The van der Waals surface area contributed by atoms with E-state index in [1.54, 1.807) is 41.8 Å². The van der Waals surface area contributed by atoms with Crippen molar-refractivity contribution in [1.82, 2.24) is 15.0 Å². The Hall–Kier alpha value is -3.70. The van der Waals surface area contributed by atoms with Gasteiger partial charge in [0.1, 0.15) is 11.1 Å². The van der Waals surface area contributed by atoms with Gasteiger partial charge in [0, 0.05) is 50.2 Å². The van der Waals surface area contributed by atoms with Crippen molar-refractivity contribution in [3.8, 4) is 22.5 Å².